The second-order valence-corrected chi connectivity index (χ2v) is 17.5. The molecule has 4 unspecified atom stereocenters. The van der Waals surface area contributed by atoms with Crippen LogP contribution in [0.4, 0.5) is 9.59 Å². The summed E-state index contributed by atoms with van der Waals surface area (Å²) >= 11 is 0. The van der Waals surface area contributed by atoms with Crippen LogP contribution in [-0.4, -0.2) is 99.9 Å². The van der Waals surface area contributed by atoms with Crippen LogP contribution in [0.5, 0.6) is 5.75 Å². The van der Waals surface area contributed by atoms with Gasteiger partial charge >= 0.3 is 12.1 Å². The maximum atomic E-state index is 14.6. The van der Waals surface area contributed by atoms with E-state index in [2.05, 4.69) is 20.9 Å². The average molecular weight is 821 g/mol. The van der Waals surface area contributed by atoms with E-state index in [-0.39, 0.29) is 37.2 Å². The fraction of sp³-hybridized carbons (Fsp3) is 0.426. The van der Waals surface area contributed by atoms with Crippen molar-refractivity contribution in [2.45, 2.75) is 91.1 Å². The van der Waals surface area contributed by atoms with E-state index in [1.807, 2.05) is 132 Å². The van der Waals surface area contributed by atoms with Crippen molar-refractivity contribution in [2.75, 3.05) is 26.7 Å². The van der Waals surface area contributed by atoms with E-state index in [1.54, 1.807) is 23.1 Å². The fourth-order valence-corrected chi connectivity index (χ4v) is 7.81. The highest BCUT2D eigenvalue weighted by atomic mass is 16.5. The molecule has 5 N–H and O–H groups in total. The van der Waals surface area contributed by atoms with Gasteiger partial charge in [-0.15, -0.1) is 0 Å². The molecule has 4 aromatic rings. The van der Waals surface area contributed by atoms with E-state index in [4.69, 9.17) is 4.74 Å². The highest BCUT2D eigenvalue weighted by Crippen LogP contribution is 2.30. The maximum absolute atomic E-state index is 14.6. The minimum Gasteiger partial charge on any atom is -0.496 e. The maximum Gasteiger partial charge on any atom is 0.404 e. The number of aliphatic hydroxyl groups is 1. The van der Waals surface area contributed by atoms with E-state index in [1.165, 1.54) is 0 Å². The molecule has 1 saturated heterocycles. The monoisotopic (exact) mass is 820 g/mol. The summed E-state index contributed by atoms with van der Waals surface area (Å²) in [7, 11) is 1.60. The quantitative estimate of drug-likeness (QED) is 0.0734. The third-order valence-electron chi connectivity index (χ3n) is 10.8. The second-order valence-electron chi connectivity index (χ2n) is 17.5. The first kappa shape index (κ1) is 45.1. The molecule has 5 amide bonds. The van der Waals surface area contributed by atoms with Crippen LogP contribution in [-0.2, 0) is 29.0 Å². The van der Waals surface area contributed by atoms with Gasteiger partial charge in [-0.05, 0) is 59.4 Å². The van der Waals surface area contributed by atoms with Crippen molar-refractivity contribution in [1.82, 2.24) is 30.7 Å². The summed E-state index contributed by atoms with van der Waals surface area (Å²) in [5, 5.41) is 30.0. The fourth-order valence-electron chi connectivity index (χ4n) is 7.81. The minimum absolute atomic E-state index is 0.0356. The van der Waals surface area contributed by atoms with Crippen LogP contribution in [0.3, 0.4) is 0 Å². The van der Waals surface area contributed by atoms with Crippen molar-refractivity contribution in [1.29, 1.82) is 0 Å². The lowest BCUT2D eigenvalue weighted by atomic mass is 9.84. The van der Waals surface area contributed by atoms with Gasteiger partial charge in [0.2, 0.25) is 11.8 Å². The molecule has 5 rings (SSSR count). The Bertz CT molecular complexity index is 2040. The van der Waals surface area contributed by atoms with Gasteiger partial charge in [0.1, 0.15) is 11.8 Å². The summed E-state index contributed by atoms with van der Waals surface area (Å²) in [5.74, 6) is 0.00557. The molecule has 1 aliphatic heterocycles. The zero-order chi connectivity index (χ0) is 43.5. The first-order valence-electron chi connectivity index (χ1n) is 20.5. The summed E-state index contributed by atoms with van der Waals surface area (Å²) in [4.78, 5) is 61.2. The van der Waals surface area contributed by atoms with Crippen molar-refractivity contribution in [2.24, 2.45) is 10.8 Å². The van der Waals surface area contributed by atoms with Crippen LogP contribution < -0.4 is 20.7 Å². The average Bonchev–Trinajstić information content (AvgIpc) is 3.55. The summed E-state index contributed by atoms with van der Waals surface area (Å²) in [6, 6.07) is 28.2. The number of aromatic nitrogens is 1. The van der Waals surface area contributed by atoms with E-state index in [9.17, 15) is 29.4 Å². The number of nitrogens with one attached hydrogen (secondary N) is 3. The molecule has 0 aliphatic carbocycles. The van der Waals surface area contributed by atoms with E-state index < -0.39 is 41.2 Å². The number of para-hydroxylation sites is 1. The molecule has 3 aromatic carbocycles. The highest BCUT2D eigenvalue weighted by molar-refractivity contribution is 5.89. The summed E-state index contributed by atoms with van der Waals surface area (Å²) in [6.45, 7) is 10.6. The Kier molecular flexibility index (Phi) is 15.3. The van der Waals surface area contributed by atoms with Crippen LogP contribution >= 0.6 is 0 Å². The summed E-state index contributed by atoms with van der Waals surface area (Å²) in [6.07, 6.45) is 0.248. The van der Waals surface area contributed by atoms with Crippen LogP contribution in [0.1, 0.15) is 64.2 Å². The lowest BCUT2D eigenvalue weighted by Gasteiger charge is -2.38. The van der Waals surface area contributed by atoms with Gasteiger partial charge in [-0.2, -0.15) is 0 Å². The van der Waals surface area contributed by atoms with Crippen LogP contribution in [0.25, 0.3) is 11.3 Å². The molecule has 0 radical (unpaired) electrons. The first-order chi connectivity index (χ1) is 28.5. The van der Waals surface area contributed by atoms with Gasteiger partial charge in [-0.25, -0.2) is 9.59 Å². The minimum atomic E-state index is -1.17. The molecule has 60 heavy (non-hydrogen) atoms. The number of aliphatic hydroxyl groups excluding tert-OH is 1. The van der Waals surface area contributed by atoms with Crippen LogP contribution in [0, 0.1) is 10.8 Å². The normalized spacial score (nSPS) is 15.2. The Balaban J connectivity index is 1.38. The van der Waals surface area contributed by atoms with Crippen molar-refractivity contribution in [3.63, 3.8) is 0 Å². The van der Waals surface area contributed by atoms with E-state index >= 15 is 0 Å². The third-order valence-corrected chi connectivity index (χ3v) is 10.8. The predicted molar refractivity (Wildman–Crippen MR) is 231 cm³/mol. The van der Waals surface area contributed by atoms with Crippen molar-refractivity contribution < 1.29 is 34.1 Å². The molecule has 13 heteroatoms. The van der Waals surface area contributed by atoms with Crippen molar-refractivity contribution in [3.8, 4) is 17.0 Å². The number of pyridine rings is 1. The number of ether oxygens (including phenoxy) is 1. The van der Waals surface area contributed by atoms with Gasteiger partial charge in [0.05, 0.1) is 31.5 Å². The molecule has 4 atom stereocenters. The molecule has 1 fully saturated rings. The number of nitrogens with zero attached hydrogens (tertiary/aromatic N) is 3. The van der Waals surface area contributed by atoms with Gasteiger partial charge < -0.3 is 40.7 Å². The molecule has 0 bridgehead atoms. The Morgan fingerprint density at radius 2 is 1.50 bits per heavy atom. The van der Waals surface area contributed by atoms with Gasteiger partial charge in [0, 0.05) is 49.4 Å². The number of hydrogen-bond donors (Lipinski definition) is 5. The van der Waals surface area contributed by atoms with E-state index in [0.29, 0.717) is 38.2 Å². The Morgan fingerprint density at radius 3 is 2.15 bits per heavy atom. The number of carbonyl (C=O) groups excluding carboxylic acids is 3. The molecular formula is C47H60N6O7. The molecule has 0 saturated carbocycles. The largest absolute Gasteiger partial charge is 0.496 e. The third kappa shape index (κ3) is 12.8. The zero-order valence-corrected chi connectivity index (χ0v) is 35.6. The van der Waals surface area contributed by atoms with Gasteiger partial charge in [0.25, 0.3) is 0 Å². The molecule has 1 aromatic heterocycles. The van der Waals surface area contributed by atoms with Crippen molar-refractivity contribution >= 4 is 23.9 Å². The molecule has 1 aliphatic rings. The molecule has 13 nitrogen and oxygen atoms in total. The Hall–Kier alpha value is -5.95. The zero-order valence-electron chi connectivity index (χ0n) is 35.6. The summed E-state index contributed by atoms with van der Waals surface area (Å²) in [5.41, 5.74) is 3.10. The Morgan fingerprint density at radius 1 is 0.833 bits per heavy atom. The second kappa shape index (κ2) is 20.3. The van der Waals surface area contributed by atoms with Crippen molar-refractivity contribution in [3.05, 3.63) is 120 Å². The SMILES string of the molecule is COc1ccccc1CN1CCN(C(C(=O)NC(Cc2ccccc2)C(O)CC(Cc2ccc(-c3ccccn3)cc2)NC(=O)CC(C)(C)CNC(=O)O)C(C)(C)C)C1=O. The number of hydrogen-bond acceptors (Lipinski definition) is 7. The number of carboxylic acid groups (broad SMARTS) is 1. The number of methoxy groups -OCH3 is 1. The molecular weight excluding hydrogens is 761 g/mol. The Labute approximate surface area is 353 Å². The first-order valence-corrected chi connectivity index (χ1v) is 20.5. The number of rotatable bonds is 19. The predicted octanol–water partition coefficient (Wildman–Crippen LogP) is 6.30. The summed E-state index contributed by atoms with van der Waals surface area (Å²) < 4.78 is 5.53. The van der Waals surface area contributed by atoms with Gasteiger partial charge in [0.15, 0.2) is 0 Å². The van der Waals surface area contributed by atoms with Crippen LogP contribution in [0.15, 0.2) is 103 Å². The van der Waals surface area contributed by atoms with Gasteiger partial charge in [-0.1, -0.05) is 113 Å². The standard InChI is InChI=1S/C47H60N6O7/c1-46(2,3)42(53-25-24-52(45(53)59)30-35-16-10-11-18-40(35)60-6)43(56)51-38(27-32-14-8-7-9-15-32)39(54)28-36(50-41(55)29-47(4,5)31-49-44(57)58)26-33-19-21-34(22-20-33)37-17-12-13-23-48-37/h7-23,36,38-39,42,49,54H,24-31H2,1-6H3,(H,50,55)(H,51,56)(H,57,58). The number of urea groups is 1. The number of benzene rings is 3. The van der Waals surface area contributed by atoms with E-state index in [0.717, 1.165) is 27.9 Å². The molecule has 0 spiro atoms. The lowest BCUT2D eigenvalue weighted by molar-refractivity contribution is -0.130. The lowest BCUT2D eigenvalue weighted by Crippen LogP contribution is -2.58. The smallest absolute Gasteiger partial charge is 0.404 e. The highest BCUT2D eigenvalue weighted by Gasteiger charge is 2.44. The van der Waals surface area contributed by atoms with Crippen LogP contribution in [0.2, 0.25) is 0 Å². The number of carbonyl (C=O) groups is 4. The molecule has 320 valence electrons. The molecule has 2 heterocycles. The van der Waals surface area contributed by atoms with Gasteiger partial charge in [-0.3, -0.25) is 14.6 Å². The topological polar surface area (TPSA) is 173 Å². The number of amides is 5.